The first-order valence-corrected chi connectivity index (χ1v) is 5.08. The van der Waals surface area contributed by atoms with Gasteiger partial charge in [-0.25, -0.2) is 0 Å². The monoisotopic (exact) mass is 165 g/mol. The zero-order chi connectivity index (χ0) is 8.18. The highest BCUT2D eigenvalue weighted by Gasteiger charge is 2.54. The Morgan fingerprint density at radius 2 is 2.25 bits per heavy atom. The van der Waals surface area contributed by atoms with Crippen LogP contribution in [0.2, 0.25) is 0 Å². The Bertz CT molecular complexity index is 232. The molecule has 3 aliphatic rings. The fraction of sp³-hybridized carbons (Fsp3) is 0.900. The molecular weight excluding hydrogens is 150 g/mol. The van der Waals surface area contributed by atoms with Gasteiger partial charge in [0.15, 0.2) is 0 Å². The summed E-state index contributed by atoms with van der Waals surface area (Å²) in [6.07, 6.45) is 5.79. The van der Waals surface area contributed by atoms with Gasteiger partial charge >= 0.3 is 0 Å². The van der Waals surface area contributed by atoms with Crippen molar-refractivity contribution >= 4 is 5.78 Å². The van der Waals surface area contributed by atoms with Crippen LogP contribution in [0, 0.1) is 5.41 Å². The Hall–Kier alpha value is -0.370. The van der Waals surface area contributed by atoms with Gasteiger partial charge in [-0.3, -0.25) is 9.69 Å². The summed E-state index contributed by atoms with van der Waals surface area (Å²) in [4.78, 5) is 14.2. The molecule has 2 aliphatic heterocycles. The number of carbonyl (C=O) groups excluding carboxylic acids is 1. The van der Waals surface area contributed by atoms with Crippen LogP contribution in [0.1, 0.15) is 32.1 Å². The maximum atomic E-state index is 11.7. The molecule has 2 heterocycles. The van der Waals surface area contributed by atoms with Crippen LogP contribution in [0.25, 0.3) is 0 Å². The summed E-state index contributed by atoms with van der Waals surface area (Å²) >= 11 is 0. The van der Waals surface area contributed by atoms with Gasteiger partial charge in [-0.05, 0) is 32.2 Å². The van der Waals surface area contributed by atoms with Crippen molar-refractivity contribution in [3.05, 3.63) is 0 Å². The van der Waals surface area contributed by atoms with E-state index in [0.29, 0.717) is 11.8 Å². The van der Waals surface area contributed by atoms with Gasteiger partial charge in [-0.1, -0.05) is 0 Å². The fourth-order valence-corrected chi connectivity index (χ4v) is 2.83. The van der Waals surface area contributed by atoms with Crippen LogP contribution in [-0.4, -0.2) is 29.8 Å². The van der Waals surface area contributed by atoms with E-state index in [1.54, 1.807) is 0 Å². The van der Waals surface area contributed by atoms with Crippen LogP contribution in [0.3, 0.4) is 0 Å². The molecule has 1 atom stereocenters. The number of hydrogen-bond acceptors (Lipinski definition) is 2. The van der Waals surface area contributed by atoms with Gasteiger partial charge in [0.2, 0.25) is 0 Å². The molecule has 0 bridgehead atoms. The highest BCUT2D eigenvalue weighted by Crippen LogP contribution is 2.51. The number of nitrogens with zero attached hydrogens (tertiary/aromatic N) is 1. The van der Waals surface area contributed by atoms with Crippen molar-refractivity contribution in [3.63, 3.8) is 0 Å². The minimum Gasteiger partial charge on any atom is -0.299 e. The lowest BCUT2D eigenvalue weighted by Gasteiger charge is -2.34. The van der Waals surface area contributed by atoms with Crippen LogP contribution in [0.4, 0.5) is 0 Å². The molecule has 12 heavy (non-hydrogen) atoms. The molecule has 0 aromatic rings. The second-order valence-electron chi connectivity index (χ2n) is 4.67. The van der Waals surface area contributed by atoms with Crippen LogP contribution in [0.5, 0.6) is 0 Å². The minimum absolute atomic E-state index is 0.167. The van der Waals surface area contributed by atoms with Crippen LogP contribution < -0.4 is 0 Å². The number of rotatable bonds is 0. The number of fused-ring (bicyclic) bond motifs is 1. The highest BCUT2D eigenvalue weighted by molar-refractivity contribution is 5.89. The molecular formula is C10H15NO. The fourth-order valence-electron chi connectivity index (χ4n) is 2.83. The van der Waals surface area contributed by atoms with Crippen molar-refractivity contribution in [3.8, 4) is 0 Å². The molecule has 0 aromatic heterocycles. The molecule has 1 aliphatic carbocycles. The van der Waals surface area contributed by atoms with Crippen molar-refractivity contribution in [1.82, 2.24) is 4.90 Å². The van der Waals surface area contributed by atoms with Gasteiger partial charge in [-0.15, -0.1) is 0 Å². The number of piperidine rings is 1. The van der Waals surface area contributed by atoms with Crippen molar-refractivity contribution in [1.29, 1.82) is 0 Å². The lowest BCUT2D eigenvalue weighted by molar-refractivity contribution is -0.129. The van der Waals surface area contributed by atoms with Gasteiger partial charge < -0.3 is 0 Å². The summed E-state index contributed by atoms with van der Waals surface area (Å²) in [7, 11) is 0. The molecule has 1 saturated carbocycles. The van der Waals surface area contributed by atoms with E-state index in [1.165, 1.54) is 32.2 Å². The Morgan fingerprint density at radius 1 is 1.42 bits per heavy atom. The molecule has 2 saturated heterocycles. The van der Waals surface area contributed by atoms with Crippen molar-refractivity contribution in [2.75, 3.05) is 13.1 Å². The third-order valence-electron chi connectivity index (χ3n) is 3.87. The smallest absolute Gasteiger partial charge is 0.141 e. The minimum atomic E-state index is 0.167. The summed E-state index contributed by atoms with van der Waals surface area (Å²) in [6.45, 7) is 2.34. The largest absolute Gasteiger partial charge is 0.299 e. The SMILES string of the molecule is O=C1C[C@@H]2CCCN2CC12CC2. The second-order valence-corrected chi connectivity index (χ2v) is 4.67. The lowest BCUT2D eigenvalue weighted by Crippen LogP contribution is -2.45. The summed E-state index contributed by atoms with van der Waals surface area (Å²) in [5.74, 6) is 0.575. The van der Waals surface area contributed by atoms with Gasteiger partial charge in [0, 0.05) is 24.4 Å². The predicted octanol–water partition coefficient (Wildman–Crippen LogP) is 1.20. The van der Waals surface area contributed by atoms with E-state index < -0.39 is 0 Å². The van der Waals surface area contributed by atoms with Gasteiger partial charge in [0.1, 0.15) is 5.78 Å². The molecule has 0 amide bonds. The molecule has 0 aromatic carbocycles. The molecule has 2 nitrogen and oxygen atoms in total. The van der Waals surface area contributed by atoms with Crippen LogP contribution >= 0.6 is 0 Å². The molecule has 1 spiro atoms. The molecule has 0 radical (unpaired) electrons. The number of Topliss-reactive ketones (excluding diaryl/α,β-unsaturated/α-hetero) is 1. The van der Waals surface area contributed by atoms with E-state index >= 15 is 0 Å². The topological polar surface area (TPSA) is 20.3 Å². The molecule has 66 valence electrons. The standard InChI is InChI=1S/C10H15NO/c12-9-6-8-2-1-5-11(8)7-10(9)3-4-10/h8H,1-7H2/t8-/m0/s1. The summed E-state index contributed by atoms with van der Waals surface area (Å²) in [5.41, 5.74) is 0.167. The summed E-state index contributed by atoms with van der Waals surface area (Å²) in [5, 5.41) is 0. The molecule has 3 fully saturated rings. The maximum absolute atomic E-state index is 11.7. The van der Waals surface area contributed by atoms with E-state index in [0.717, 1.165) is 13.0 Å². The first-order valence-electron chi connectivity index (χ1n) is 5.08. The maximum Gasteiger partial charge on any atom is 0.141 e. The van der Waals surface area contributed by atoms with E-state index in [2.05, 4.69) is 4.90 Å². The zero-order valence-corrected chi connectivity index (χ0v) is 7.38. The molecule has 2 heteroatoms. The molecule has 3 rings (SSSR count). The molecule has 0 unspecified atom stereocenters. The Labute approximate surface area is 72.9 Å². The Morgan fingerprint density at radius 3 is 3.00 bits per heavy atom. The van der Waals surface area contributed by atoms with Crippen molar-refractivity contribution in [2.45, 2.75) is 38.1 Å². The van der Waals surface area contributed by atoms with Crippen molar-refractivity contribution in [2.24, 2.45) is 5.41 Å². The Kier molecular flexibility index (Phi) is 1.24. The predicted molar refractivity (Wildman–Crippen MR) is 45.9 cm³/mol. The number of ketones is 1. The van der Waals surface area contributed by atoms with E-state index in [-0.39, 0.29) is 5.41 Å². The summed E-state index contributed by atoms with van der Waals surface area (Å²) < 4.78 is 0. The average molecular weight is 165 g/mol. The zero-order valence-electron chi connectivity index (χ0n) is 7.38. The first-order chi connectivity index (χ1) is 5.80. The summed E-state index contributed by atoms with van der Waals surface area (Å²) in [6, 6.07) is 0.628. The first kappa shape index (κ1) is 7.07. The lowest BCUT2D eigenvalue weighted by atomic mass is 9.89. The van der Waals surface area contributed by atoms with Crippen molar-refractivity contribution < 1.29 is 4.79 Å². The second kappa shape index (κ2) is 2.11. The third-order valence-corrected chi connectivity index (χ3v) is 3.87. The normalized spacial score (nSPS) is 38.7. The third kappa shape index (κ3) is 0.817. The average Bonchev–Trinajstić information content (AvgIpc) is 2.67. The Balaban J connectivity index is 1.84. The van der Waals surface area contributed by atoms with Gasteiger partial charge in [-0.2, -0.15) is 0 Å². The van der Waals surface area contributed by atoms with Crippen LogP contribution in [-0.2, 0) is 4.79 Å². The molecule has 0 N–H and O–H groups in total. The van der Waals surface area contributed by atoms with E-state index in [9.17, 15) is 4.79 Å². The van der Waals surface area contributed by atoms with Gasteiger partial charge in [0.05, 0.1) is 0 Å². The van der Waals surface area contributed by atoms with E-state index in [4.69, 9.17) is 0 Å². The van der Waals surface area contributed by atoms with E-state index in [1.807, 2.05) is 0 Å². The quantitative estimate of drug-likeness (QED) is 0.537. The number of hydrogen-bond donors (Lipinski definition) is 0. The number of carbonyl (C=O) groups is 1. The van der Waals surface area contributed by atoms with Crippen LogP contribution in [0.15, 0.2) is 0 Å². The highest BCUT2D eigenvalue weighted by atomic mass is 16.1. The van der Waals surface area contributed by atoms with Gasteiger partial charge in [0.25, 0.3) is 0 Å².